The van der Waals surface area contributed by atoms with Crippen LogP contribution in [0.3, 0.4) is 0 Å². The minimum atomic E-state index is -4.08. The number of rotatable bonds is 16. The Balaban J connectivity index is 1.15. The van der Waals surface area contributed by atoms with Gasteiger partial charge in [-0.2, -0.15) is 19.0 Å². The van der Waals surface area contributed by atoms with Crippen LogP contribution in [0.5, 0.6) is 0 Å². The SMILES string of the molecule is C[C@@H]1CN(Cc2cc(C3CCC(F)(F)CC3)nc3nc([C@H](Cc4cc(F)cc(F)c4)NC(=O)Cn4nc(C(F)F)c5c4C(F)(F)[C@@H]4C[C@H]54)n(-c4ccc(Cl)c5c(NS(C)(=O)=O)nn(CCN6CC(C)(C)OC(C)(C)C6)c45)c(=O)c23)C[C@H](C)O1. The van der Waals surface area contributed by atoms with Gasteiger partial charge in [-0.05, 0) is 108 Å². The van der Waals surface area contributed by atoms with Gasteiger partial charge >= 0.3 is 0 Å². The molecule has 17 nitrogen and oxygen atoms in total. The summed E-state index contributed by atoms with van der Waals surface area (Å²) >= 11 is 7.04. The Hall–Kier alpha value is -5.80. The number of carbonyl (C=O) groups is 1. The topological polar surface area (TPSA) is 184 Å². The lowest BCUT2D eigenvalue weighted by Gasteiger charge is -2.47. The van der Waals surface area contributed by atoms with Gasteiger partial charge in [0.05, 0.1) is 69.3 Å². The molecule has 2 aromatic carbocycles. The fraction of sp³-hybridized carbons (Fsp3) is 0.571. The third kappa shape index (κ3) is 12.0. The van der Waals surface area contributed by atoms with Crippen molar-refractivity contribution in [2.24, 2.45) is 5.92 Å². The van der Waals surface area contributed by atoms with E-state index in [1.807, 2.05) is 41.5 Å². The van der Waals surface area contributed by atoms with Crippen LogP contribution in [0.2, 0.25) is 5.02 Å². The molecule has 2 saturated carbocycles. The van der Waals surface area contributed by atoms with E-state index in [1.165, 1.54) is 16.8 Å². The predicted octanol–water partition coefficient (Wildman–Crippen LogP) is 9.67. The number of nitrogens with one attached hydrogen (secondary N) is 2. The lowest BCUT2D eigenvalue weighted by molar-refractivity contribution is -0.180. The maximum absolute atomic E-state index is 16.4. The van der Waals surface area contributed by atoms with Crippen molar-refractivity contribution in [2.75, 3.05) is 43.7 Å². The molecule has 5 aliphatic rings. The van der Waals surface area contributed by atoms with Gasteiger partial charge in [-0.1, -0.05) is 11.6 Å². The maximum atomic E-state index is 16.4. The molecule has 0 bridgehead atoms. The summed E-state index contributed by atoms with van der Waals surface area (Å²) in [6.45, 7) is 12.8. The molecule has 27 heteroatoms. The van der Waals surface area contributed by atoms with Crippen molar-refractivity contribution in [3.63, 3.8) is 0 Å². The second-order valence-corrected chi connectivity index (χ2v) is 26.6. The van der Waals surface area contributed by atoms with Gasteiger partial charge in [0.2, 0.25) is 21.9 Å². The molecule has 2 aliphatic heterocycles. The Morgan fingerprint density at radius 1 is 0.880 bits per heavy atom. The number of carbonyl (C=O) groups excluding carboxylic acids is 1. The third-order valence-electron chi connectivity index (χ3n) is 16.2. The van der Waals surface area contributed by atoms with Crippen LogP contribution in [-0.4, -0.2) is 127 Å². The smallest absolute Gasteiger partial charge is 0.293 e. The highest BCUT2D eigenvalue weighted by molar-refractivity contribution is 7.92. The molecule has 0 radical (unpaired) electrons. The van der Waals surface area contributed by atoms with Gasteiger partial charge in [-0.25, -0.2) is 44.7 Å². The Kier molecular flexibility index (Phi) is 15.1. The zero-order valence-electron chi connectivity index (χ0n) is 46.7. The standard InChI is InChI=1S/C56H64ClF8N11O6S/c1-28-22-73(23-29(2)81-28)24-32-19-38(31-10-12-55(62,63)13-11-31)67-49-42(32)52(78)76(40-9-8-37(57)44-46(40)74(70-50(44)71-83(7,79)80)15-14-72-26-53(3,4)82-54(5,6)27-72)51(68-49)39(18-30-16-33(58)20-34(59)17-30)66-41(77)25-75-47-43(45(69-75)48(60)61)35-21-36(35)56(47,64)65/h8-9,16-17,19-20,28-29,31,35-36,39,48H,10-15,18,21-27H2,1-7H3,(H,66,77)(H,70,71)/t28-,29+,35-,36+,39-/m0/s1. The highest BCUT2D eigenvalue weighted by Crippen LogP contribution is 2.68. The zero-order chi connectivity index (χ0) is 59.6. The van der Waals surface area contributed by atoms with Gasteiger partial charge in [-0.3, -0.25) is 38.0 Å². The van der Waals surface area contributed by atoms with Crippen molar-refractivity contribution in [3.05, 3.63) is 103 Å². The number of anilines is 1. The monoisotopic (exact) mass is 1210 g/mol. The number of alkyl halides is 6. The van der Waals surface area contributed by atoms with Crippen LogP contribution in [0.4, 0.5) is 40.9 Å². The first-order valence-electron chi connectivity index (χ1n) is 27.7. The number of hydrogen-bond donors (Lipinski definition) is 2. The first kappa shape index (κ1) is 59.0. The summed E-state index contributed by atoms with van der Waals surface area (Å²) in [6, 6.07) is 5.43. The average molecular weight is 1210 g/mol. The second kappa shape index (κ2) is 21.3. The molecule has 5 atom stereocenters. The molecular formula is C56H64ClF8N11O6S. The number of halogens is 9. The Morgan fingerprint density at radius 3 is 2.18 bits per heavy atom. The van der Waals surface area contributed by atoms with Crippen LogP contribution in [-0.2, 0) is 56.3 Å². The van der Waals surface area contributed by atoms with Crippen LogP contribution in [0.1, 0.15) is 138 Å². The molecule has 6 heterocycles. The molecule has 4 aromatic heterocycles. The predicted molar refractivity (Wildman–Crippen MR) is 292 cm³/mol. The van der Waals surface area contributed by atoms with E-state index in [0.717, 1.165) is 23.0 Å². The van der Waals surface area contributed by atoms with Gasteiger partial charge in [0, 0.05) is 87.7 Å². The number of amides is 1. The molecule has 448 valence electrons. The molecule has 2 N–H and O–H groups in total. The molecule has 1 amide bonds. The van der Waals surface area contributed by atoms with Crippen molar-refractivity contribution in [2.45, 2.75) is 159 Å². The maximum Gasteiger partial charge on any atom is 0.293 e. The van der Waals surface area contributed by atoms with Gasteiger partial charge < -0.3 is 14.8 Å². The summed E-state index contributed by atoms with van der Waals surface area (Å²) < 4.78 is 165. The molecule has 6 aromatic rings. The minimum Gasteiger partial charge on any atom is -0.373 e. The van der Waals surface area contributed by atoms with Crippen LogP contribution >= 0.6 is 11.6 Å². The van der Waals surface area contributed by atoms with Gasteiger partial charge in [0.25, 0.3) is 17.9 Å². The lowest BCUT2D eigenvalue weighted by Crippen LogP contribution is -2.57. The largest absolute Gasteiger partial charge is 0.373 e. The number of pyridine rings is 1. The fourth-order valence-electron chi connectivity index (χ4n) is 13.4. The summed E-state index contributed by atoms with van der Waals surface area (Å²) in [5.74, 6) is -13.0. The number of ether oxygens (including phenoxy) is 2. The lowest BCUT2D eigenvalue weighted by atomic mass is 9.84. The van der Waals surface area contributed by atoms with Crippen molar-refractivity contribution in [3.8, 4) is 5.69 Å². The summed E-state index contributed by atoms with van der Waals surface area (Å²) in [4.78, 5) is 45.4. The number of fused-ring (bicyclic) bond motifs is 5. The number of sulfonamides is 1. The van der Waals surface area contributed by atoms with Crippen LogP contribution in [0.15, 0.2) is 41.2 Å². The summed E-state index contributed by atoms with van der Waals surface area (Å²) in [5.41, 5.74) is -3.57. The van der Waals surface area contributed by atoms with E-state index in [4.69, 9.17) is 36.1 Å². The average Bonchev–Trinajstić information content (AvgIpc) is 1.92. The van der Waals surface area contributed by atoms with E-state index in [0.29, 0.717) is 54.7 Å². The van der Waals surface area contributed by atoms with Crippen molar-refractivity contribution in [1.29, 1.82) is 0 Å². The van der Waals surface area contributed by atoms with E-state index in [9.17, 15) is 30.8 Å². The van der Waals surface area contributed by atoms with E-state index in [2.05, 4.69) is 24.9 Å². The molecule has 0 spiro atoms. The number of nitrogens with zero attached hydrogens (tertiary/aromatic N) is 9. The Bertz CT molecular complexity index is 3690. The van der Waals surface area contributed by atoms with Crippen molar-refractivity contribution in [1.82, 2.24) is 49.2 Å². The molecule has 0 unspecified atom stereocenters. The first-order chi connectivity index (χ1) is 38.8. The molecular weight excluding hydrogens is 1140 g/mol. The number of benzene rings is 2. The molecule has 4 fully saturated rings. The molecule has 11 rings (SSSR count). The minimum absolute atomic E-state index is 0.0109. The van der Waals surface area contributed by atoms with E-state index in [-0.39, 0.29) is 100.0 Å². The van der Waals surface area contributed by atoms with Gasteiger partial charge in [-0.15, -0.1) is 0 Å². The molecule has 83 heavy (non-hydrogen) atoms. The Labute approximate surface area is 478 Å². The summed E-state index contributed by atoms with van der Waals surface area (Å²) in [6.07, 6.45) is -4.24. The van der Waals surface area contributed by atoms with Crippen molar-refractivity contribution >= 4 is 55.3 Å². The Morgan fingerprint density at radius 2 is 1.54 bits per heavy atom. The third-order valence-corrected chi connectivity index (χ3v) is 17.1. The zero-order valence-corrected chi connectivity index (χ0v) is 48.3. The summed E-state index contributed by atoms with van der Waals surface area (Å²) in [5, 5.41) is 11.3. The second-order valence-electron chi connectivity index (χ2n) is 24.4. The fourth-order valence-corrected chi connectivity index (χ4v) is 14.1. The quantitative estimate of drug-likeness (QED) is 0.0877. The highest BCUT2D eigenvalue weighted by atomic mass is 35.5. The van der Waals surface area contributed by atoms with Crippen molar-refractivity contribution < 1.29 is 57.8 Å². The number of aromatic nitrogens is 7. The highest BCUT2D eigenvalue weighted by Gasteiger charge is 2.67. The van der Waals surface area contributed by atoms with Crippen LogP contribution < -0.4 is 15.6 Å². The number of morpholine rings is 2. The number of hydrogen-bond acceptors (Lipinski definition) is 12. The van der Waals surface area contributed by atoms with Gasteiger partial charge in [0.15, 0.2) is 11.5 Å². The normalized spacial score (nSPS) is 23.6. The van der Waals surface area contributed by atoms with Gasteiger partial charge in [0.1, 0.15) is 35.4 Å². The molecule has 3 aliphatic carbocycles. The molecule has 2 saturated heterocycles. The first-order valence-corrected chi connectivity index (χ1v) is 29.9. The van der Waals surface area contributed by atoms with Crippen LogP contribution in [0, 0.1) is 17.6 Å². The summed E-state index contributed by atoms with van der Waals surface area (Å²) in [7, 11) is -4.08. The van der Waals surface area contributed by atoms with E-state index >= 15 is 22.4 Å². The van der Waals surface area contributed by atoms with E-state index < -0.39 is 124 Å². The van der Waals surface area contributed by atoms with E-state index in [1.54, 1.807) is 6.07 Å². The van der Waals surface area contributed by atoms with Crippen LogP contribution in [0.25, 0.3) is 27.6 Å².